The molecule has 0 spiro atoms. The van der Waals surface area contributed by atoms with E-state index < -0.39 is 0 Å². The van der Waals surface area contributed by atoms with Crippen molar-refractivity contribution in [3.63, 3.8) is 0 Å². The Morgan fingerprint density at radius 2 is 1.85 bits per heavy atom. The fourth-order valence-electron chi connectivity index (χ4n) is 3.05. The van der Waals surface area contributed by atoms with Crippen LogP contribution in [0.15, 0.2) is 53.3 Å². The molecule has 2 aromatic carbocycles. The first-order valence-corrected chi connectivity index (χ1v) is 8.49. The number of benzene rings is 2. The van der Waals surface area contributed by atoms with E-state index in [2.05, 4.69) is 10.3 Å². The Morgan fingerprint density at radius 1 is 1.04 bits per heavy atom. The van der Waals surface area contributed by atoms with E-state index in [0.717, 1.165) is 22.4 Å². The molecule has 6 nitrogen and oxygen atoms in total. The van der Waals surface area contributed by atoms with Gasteiger partial charge in [0.15, 0.2) is 11.5 Å². The van der Waals surface area contributed by atoms with Crippen LogP contribution in [0, 0.1) is 0 Å². The minimum absolute atomic E-state index is 0.259. The van der Waals surface area contributed by atoms with E-state index in [1.54, 1.807) is 6.07 Å². The van der Waals surface area contributed by atoms with Gasteiger partial charge in [-0.25, -0.2) is 0 Å². The average molecular weight is 350 g/mol. The van der Waals surface area contributed by atoms with Crippen LogP contribution in [0.25, 0.3) is 10.9 Å². The highest BCUT2D eigenvalue weighted by molar-refractivity contribution is 6.05. The summed E-state index contributed by atoms with van der Waals surface area (Å²) in [6.07, 6.45) is 0.656. The van der Waals surface area contributed by atoms with Gasteiger partial charge in [-0.05, 0) is 30.2 Å². The van der Waals surface area contributed by atoms with E-state index in [4.69, 9.17) is 9.47 Å². The number of aromatic amines is 1. The second-order valence-corrected chi connectivity index (χ2v) is 6.08. The van der Waals surface area contributed by atoms with E-state index in [1.807, 2.05) is 36.4 Å². The predicted octanol–water partition coefficient (Wildman–Crippen LogP) is 2.27. The lowest BCUT2D eigenvalue weighted by atomic mass is 10.1. The van der Waals surface area contributed by atoms with Crippen molar-refractivity contribution in [2.45, 2.75) is 6.42 Å². The summed E-state index contributed by atoms with van der Waals surface area (Å²) in [6.45, 7) is 1.56. The molecule has 2 heterocycles. The standard InChI is InChI=1S/C20H18N2O4/c23-19-12-15(14-3-1-2-4-16(14)22-19)20(24)21-8-7-13-5-6-17-18(11-13)26-10-9-25-17/h1-6,11-12H,7-10H2,(H,21,24)(H,22,23). The summed E-state index contributed by atoms with van der Waals surface area (Å²) in [6, 6.07) is 14.4. The van der Waals surface area contributed by atoms with Crippen molar-refractivity contribution >= 4 is 16.8 Å². The second-order valence-electron chi connectivity index (χ2n) is 6.08. The molecule has 132 valence electrons. The summed E-state index contributed by atoms with van der Waals surface area (Å²) in [4.78, 5) is 27.0. The van der Waals surface area contributed by atoms with Gasteiger partial charge >= 0.3 is 0 Å². The Kier molecular flexibility index (Phi) is 4.31. The maximum Gasteiger partial charge on any atom is 0.252 e. The SMILES string of the molecule is O=C(NCCc1ccc2c(c1)OCCO2)c1cc(=O)[nH]c2ccccc12. The van der Waals surface area contributed by atoms with Crippen molar-refractivity contribution in [1.82, 2.24) is 10.3 Å². The van der Waals surface area contributed by atoms with E-state index >= 15 is 0 Å². The molecule has 1 aliphatic heterocycles. The van der Waals surface area contributed by atoms with Gasteiger partial charge in [0.1, 0.15) is 13.2 Å². The number of fused-ring (bicyclic) bond motifs is 2. The number of carbonyl (C=O) groups excluding carboxylic acids is 1. The largest absolute Gasteiger partial charge is 0.486 e. The lowest BCUT2D eigenvalue weighted by Gasteiger charge is -2.18. The first-order chi connectivity index (χ1) is 12.7. The lowest BCUT2D eigenvalue weighted by molar-refractivity contribution is 0.0955. The number of amides is 1. The van der Waals surface area contributed by atoms with Gasteiger partial charge in [-0.1, -0.05) is 24.3 Å². The Morgan fingerprint density at radius 3 is 2.73 bits per heavy atom. The van der Waals surface area contributed by atoms with E-state index in [1.165, 1.54) is 6.07 Å². The van der Waals surface area contributed by atoms with Crippen LogP contribution < -0.4 is 20.3 Å². The molecule has 2 N–H and O–H groups in total. The highest BCUT2D eigenvalue weighted by Crippen LogP contribution is 2.30. The van der Waals surface area contributed by atoms with Crippen molar-refractivity contribution < 1.29 is 14.3 Å². The maximum atomic E-state index is 12.5. The normalized spacial score (nSPS) is 12.8. The molecule has 1 aromatic heterocycles. The van der Waals surface area contributed by atoms with Crippen molar-refractivity contribution in [3.05, 3.63) is 70.0 Å². The van der Waals surface area contributed by atoms with Crippen LogP contribution in [0.1, 0.15) is 15.9 Å². The molecule has 3 aromatic rings. The molecule has 1 aliphatic rings. The molecular formula is C20H18N2O4. The minimum Gasteiger partial charge on any atom is -0.486 e. The Balaban J connectivity index is 1.46. The molecular weight excluding hydrogens is 332 g/mol. The molecule has 4 rings (SSSR count). The summed E-state index contributed by atoms with van der Waals surface area (Å²) in [5, 5.41) is 3.61. The smallest absolute Gasteiger partial charge is 0.252 e. The summed E-state index contributed by atoms with van der Waals surface area (Å²) in [7, 11) is 0. The van der Waals surface area contributed by atoms with Crippen LogP contribution in [0.3, 0.4) is 0 Å². The van der Waals surface area contributed by atoms with Crippen LogP contribution in [-0.2, 0) is 6.42 Å². The number of H-pyrrole nitrogens is 1. The lowest BCUT2D eigenvalue weighted by Crippen LogP contribution is -2.27. The number of carbonyl (C=O) groups is 1. The average Bonchev–Trinajstić information content (AvgIpc) is 2.67. The molecule has 0 atom stereocenters. The van der Waals surface area contributed by atoms with E-state index in [-0.39, 0.29) is 11.5 Å². The number of aromatic nitrogens is 1. The molecule has 0 aliphatic carbocycles. The number of rotatable bonds is 4. The molecule has 0 bridgehead atoms. The minimum atomic E-state index is -0.291. The van der Waals surface area contributed by atoms with Gasteiger partial charge in [0.2, 0.25) is 5.56 Å². The van der Waals surface area contributed by atoms with Crippen LogP contribution in [-0.4, -0.2) is 30.6 Å². The molecule has 0 unspecified atom stereocenters. The first-order valence-electron chi connectivity index (χ1n) is 8.49. The zero-order valence-electron chi connectivity index (χ0n) is 14.1. The quantitative estimate of drug-likeness (QED) is 0.756. The summed E-state index contributed by atoms with van der Waals surface area (Å²) in [5.41, 5.74) is 1.79. The highest BCUT2D eigenvalue weighted by Gasteiger charge is 2.13. The zero-order valence-corrected chi connectivity index (χ0v) is 14.1. The number of pyridine rings is 1. The Bertz CT molecular complexity index is 1030. The number of hydrogen-bond acceptors (Lipinski definition) is 4. The van der Waals surface area contributed by atoms with Gasteiger partial charge in [-0.15, -0.1) is 0 Å². The van der Waals surface area contributed by atoms with Crippen LogP contribution in [0.4, 0.5) is 0 Å². The summed E-state index contributed by atoms with van der Waals surface area (Å²) in [5.74, 6) is 1.23. The molecule has 0 radical (unpaired) electrons. The summed E-state index contributed by atoms with van der Waals surface area (Å²) < 4.78 is 11.1. The third-order valence-electron chi connectivity index (χ3n) is 4.30. The molecule has 6 heteroatoms. The third-order valence-corrected chi connectivity index (χ3v) is 4.30. The predicted molar refractivity (Wildman–Crippen MR) is 98.0 cm³/mol. The Hall–Kier alpha value is -3.28. The van der Waals surface area contributed by atoms with E-state index in [0.29, 0.717) is 37.3 Å². The van der Waals surface area contributed by atoms with E-state index in [9.17, 15) is 9.59 Å². The summed E-state index contributed by atoms with van der Waals surface area (Å²) >= 11 is 0. The van der Waals surface area contributed by atoms with Crippen LogP contribution in [0.2, 0.25) is 0 Å². The molecule has 0 fully saturated rings. The fourth-order valence-corrected chi connectivity index (χ4v) is 3.05. The van der Waals surface area contributed by atoms with Gasteiger partial charge in [-0.2, -0.15) is 0 Å². The fraction of sp³-hybridized carbons (Fsp3) is 0.200. The van der Waals surface area contributed by atoms with Crippen molar-refractivity contribution in [2.75, 3.05) is 19.8 Å². The monoisotopic (exact) mass is 350 g/mol. The number of ether oxygens (including phenoxy) is 2. The van der Waals surface area contributed by atoms with Gasteiger partial charge in [0.05, 0.1) is 5.56 Å². The first kappa shape index (κ1) is 16.2. The number of nitrogens with one attached hydrogen (secondary N) is 2. The number of para-hydroxylation sites is 1. The maximum absolute atomic E-state index is 12.5. The highest BCUT2D eigenvalue weighted by atomic mass is 16.6. The van der Waals surface area contributed by atoms with Crippen LogP contribution >= 0.6 is 0 Å². The van der Waals surface area contributed by atoms with Crippen molar-refractivity contribution in [3.8, 4) is 11.5 Å². The van der Waals surface area contributed by atoms with Gasteiger partial charge in [0, 0.05) is 23.5 Å². The van der Waals surface area contributed by atoms with Crippen molar-refractivity contribution in [1.29, 1.82) is 0 Å². The van der Waals surface area contributed by atoms with Crippen LogP contribution in [0.5, 0.6) is 11.5 Å². The zero-order chi connectivity index (χ0) is 17.9. The number of hydrogen-bond donors (Lipinski definition) is 2. The Labute approximate surface area is 149 Å². The molecule has 26 heavy (non-hydrogen) atoms. The molecule has 0 saturated heterocycles. The van der Waals surface area contributed by atoms with Gasteiger partial charge in [-0.3, -0.25) is 9.59 Å². The van der Waals surface area contributed by atoms with Crippen molar-refractivity contribution in [2.24, 2.45) is 0 Å². The molecule has 0 saturated carbocycles. The van der Waals surface area contributed by atoms with Gasteiger partial charge in [0.25, 0.3) is 5.91 Å². The van der Waals surface area contributed by atoms with Gasteiger partial charge < -0.3 is 19.8 Å². The third kappa shape index (κ3) is 3.26. The molecule has 1 amide bonds. The second kappa shape index (κ2) is 6.92. The topological polar surface area (TPSA) is 80.4 Å².